The molecule has 0 spiro atoms. The fourth-order valence-electron chi connectivity index (χ4n) is 2.18. The Morgan fingerprint density at radius 1 is 1.20 bits per heavy atom. The second kappa shape index (κ2) is 6.57. The number of halogens is 1. The monoisotopic (exact) mass is 357 g/mol. The Hall–Kier alpha value is -1.10. The molecule has 0 bridgehead atoms. The van der Waals surface area contributed by atoms with Crippen molar-refractivity contribution in [3.8, 4) is 6.07 Å². The molecule has 1 aromatic carbocycles. The van der Waals surface area contributed by atoms with Crippen molar-refractivity contribution < 1.29 is 8.42 Å². The van der Waals surface area contributed by atoms with Gasteiger partial charge in [-0.25, -0.2) is 0 Å². The second-order valence-electron chi connectivity index (χ2n) is 4.72. The molecule has 0 radical (unpaired) electrons. The molecular weight excluding hydrogens is 342 g/mol. The van der Waals surface area contributed by atoms with Gasteiger partial charge < -0.3 is 0 Å². The summed E-state index contributed by atoms with van der Waals surface area (Å²) >= 11 is 3.28. The molecule has 0 atom stereocenters. The average Bonchev–Trinajstić information content (AvgIpc) is 2.68. The molecule has 0 saturated carbocycles. The topological polar surface area (TPSA) is 73.2 Å². The van der Waals surface area contributed by atoms with E-state index < -0.39 is 10.2 Å². The van der Waals surface area contributed by atoms with Crippen LogP contribution in [0.15, 0.2) is 22.7 Å². The molecule has 1 N–H and O–H groups in total. The highest BCUT2D eigenvalue weighted by Crippen LogP contribution is 2.23. The van der Waals surface area contributed by atoms with Crippen molar-refractivity contribution in [2.45, 2.75) is 25.7 Å². The van der Waals surface area contributed by atoms with Crippen LogP contribution in [0.25, 0.3) is 0 Å². The Balaban J connectivity index is 2.23. The summed E-state index contributed by atoms with van der Waals surface area (Å²) in [5.74, 6) is 0. The zero-order valence-electron chi connectivity index (χ0n) is 11.0. The summed E-state index contributed by atoms with van der Waals surface area (Å²) in [6.07, 6.45) is 3.88. The SMILES string of the molecule is N#Cc1ccc(Br)cc1NS(=O)(=O)N1CCCCCC1. The van der Waals surface area contributed by atoms with Crippen LogP contribution in [0.5, 0.6) is 0 Å². The molecule has 0 amide bonds. The van der Waals surface area contributed by atoms with Crippen LogP contribution in [0.2, 0.25) is 0 Å². The summed E-state index contributed by atoms with van der Waals surface area (Å²) in [5, 5.41) is 9.05. The van der Waals surface area contributed by atoms with Gasteiger partial charge in [0.15, 0.2) is 0 Å². The highest BCUT2D eigenvalue weighted by Gasteiger charge is 2.23. The summed E-state index contributed by atoms with van der Waals surface area (Å²) < 4.78 is 29.5. The van der Waals surface area contributed by atoms with E-state index in [0.29, 0.717) is 24.3 Å². The first-order chi connectivity index (χ1) is 9.53. The van der Waals surface area contributed by atoms with Crippen molar-refractivity contribution in [2.75, 3.05) is 17.8 Å². The summed E-state index contributed by atoms with van der Waals surface area (Å²) in [4.78, 5) is 0. The maximum atomic E-state index is 12.4. The second-order valence-corrected chi connectivity index (χ2v) is 7.31. The van der Waals surface area contributed by atoms with Crippen LogP contribution in [-0.4, -0.2) is 25.8 Å². The maximum absolute atomic E-state index is 12.4. The van der Waals surface area contributed by atoms with Gasteiger partial charge in [0, 0.05) is 17.6 Å². The molecule has 2 rings (SSSR count). The lowest BCUT2D eigenvalue weighted by molar-refractivity contribution is 0.427. The zero-order valence-corrected chi connectivity index (χ0v) is 13.4. The Morgan fingerprint density at radius 3 is 2.45 bits per heavy atom. The minimum absolute atomic E-state index is 0.311. The van der Waals surface area contributed by atoms with E-state index in [-0.39, 0.29) is 0 Å². The van der Waals surface area contributed by atoms with Crippen LogP contribution in [0, 0.1) is 11.3 Å². The number of benzene rings is 1. The predicted octanol–water partition coefficient (Wildman–Crippen LogP) is 2.85. The fourth-order valence-corrected chi connectivity index (χ4v) is 3.86. The van der Waals surface area contributed by atoms with Crippen LogP contribution in [0.1, 0.15) is 31.2 Å². The molecule has 20 heavy (non-hydrogen) atoms. The van der Waals surface area contributed by atoms with E-state index in [1.54, 1.807) is 18.2 Å². The van der Waals surface area contributed by atoms with Gasteiger partial charge in [0.25, 0.3) is 0 Å². The molecule has 7 heteroatoms. The summed E-state index contributed by atoms with van der Waals surface area (Å²) in [6.45, 7) is 1.07. The van der Waals surface area contributed by atoms with Crippen LogP contribution < -0.4 is 4.72 Å². The largest absolute Gasteiger partial charge is 0.301 e. The van der Waals surface area contributed by atoms with Crippen molar-refractivity contribution in [1.29, 1.82) is 5.26 Å². The average molecular weight is 358 g/mol. The van der Waals surface area contributed by atoms with Crippen LogP contribution in [0.4, 0.5) is 5.69 Å². The van der Waals surface area contributed by atoms with Crippen molar-refractivity contribution >= 4 is 31.8 Å². The lowest BCUT2D eigenvalue weighted by Gasteiger charge is -2.21. The van der Waals surface area contributed by atoms with E-state index >= 15 is 0 Å². The minimum Gasteiger partial charge on any atom is -0.270 e. The first-order valence-electron chi connectivity index (χ1n) is 6.50. The third kappa shape index (κ3) is 3.72. The number of anilines is 1. The van der Waals surface area contributed by atoms with Gasteiger partial charge in [0.1, 0.15) is 6.07 Å². The Labute approximate surface area is 127 Å². The first kappa shape index (κ1) is 15.3. The molecule has 0 aliphatic carbocycles. The molecule has 1 aliphatic heterocycles. The van der Waals surface area contributed by atoms with Crippen LogP contribution in [-0.2, 0) is 10.2 Å². The fraction of sp³-hybridized carbons (Fsp3) is 0.462. The maximum Gasteiger partial charge on any atom is 0.301 e. The minimum atomic E-state index is -3.60. The Kier molecular flexibility index (Phi) is 5.02. The number of rotatable bonds is 3. The number of nitrogens with zero attached hydrogens (tertiary/aromatic N) is 2. The van der Waals surface area contributed by atoms with Gasteiger partial charge in [-0.3, -0.25) is 4.72 Å². The molecule has 1 aliphatic rings. The van der Waals surface area contributed by atoms with E-state index in [1.807, 2.05) is 6.07 Å². The van der Waals surface area contributed by atoms with Gasteiger partial charge in [-0.15, -0.1) is 0 Å². The number of hydrogen-bond acceptors (Lipinski definition) is 3. The number of hydrogen-bond donors (Lipinski definition) is 1. The van der Waals surface area contributed by atoms with E-state index in [9.17, 15) is 8.42 Å². The standard InChI is InChI=1S/C13H16BrN3O2S/c14-12-6-5-11(10-15)13(9-12)16-20(18,19)17-7-3-1-2-4-8-17/h5-6,9,16H,1-4,7-8H2. The van der Waals surface area contributed by atoms with Gasteiger partial charge in [-0.1, -0.05) is 28.8 Å². The smallest absolute Gasteiger partial charge is 0.270 e. The Bertz CT molecular complexity index is 617. The van der Waals surface area contributed by atoms with Crippen LogP contribution >= 0.6 is 15.9 Å². The zero-order chi connectivity index (χ0) is 14.6. The van der Waals surface area contributed by atoms with E-state index in [1.165, 1.54) is 4.31 Å². The van der Waals surface area contributed by atoms with Gasteiger partial charge in [0.2, 0.25) is 0 Å². The first-order valence-corrected chi connectivity index (χ1v) is 8.74. The molecule has 1 fully saturated rings. The normalized spacial score (nSPS) is 17.2. The molecule has 0 aromatic heterocycles. The molecule has 1 aromatic rings. The number of nitriles is 1. The van der Waals surface area contributed by atoms with Crippen molar-refractivity contribution in [3.05, 3.63) is 28.2 Å². The molecular formula is C13H16BrN3O2S. The van der Waals surface area contributed by atoms with Gasteiger partial charge in [-0.2, -0.15) is 18.0 Å². The van der Waals surface area contributed by atoms with Gasteiger partial charge in [-0.05, 0) is 31.0 Å². The van der Waals surface area contributed by atoms with Crippen molar-refractivity contribution in [1.82, 2.24) is 4.31 Å². The number of nitrogens with one attached hydrogen (secondary N) is 1. The van der Waals surface area contributed by atoms with E-state index in [0.717, 1.165) is 30.2 Å². The highest BCUT2D eigenvalue weighted by molar-refractivity contribution is 9.10. The molecule has 108 valence electrons. The van der Waals surface area contributed by atoms with Crippen molar-refractivity contribution in [3.63, 3.8) is 0 Å². The van der Waals surface area contributed by atoms with Gasteiger partial charge >= 0.3 is 10.2 Å². The molecule has 1 heterocycles. The van der Waals surface area contributed by atoms with Crippen LogP contribution in [0.3, 0.4) is 0 Å². The van der Waals surface area contributed by atoms with Crippen molar-refractivity contribution in [2.24, 2.45) is 0 Å². The summed E-state index contributed by atoms with van der Waals surface area (Å²) in [7, 11) is -3.60. The summed E-state index contributed by atoms with van der Waals surface area (Å²) in [5.41, 5.74) is 0.623. The molecule has 0 unspecified atom stereocenters. The predicted molar refractivity (Wildman–Crippen MR) is 81.4 cm³/mol. The molecule has 1 saturated heterocycles. The van der Waals surface area contributed by atoms with E-state index in [2.05, 4.69) is 20.7 Å². The van der Waals surface area contributed by atoms with E-state index in [4.69, 9.17) is 5.26 Å². The lowest BCUT2D eigenvalue weighted by Crippen LogP contribution is -2.36. The summed E-state index contributed by atoms with van der Waals surface area (Å²) in [6, 6.07) is 6.90. The third-order valence-corrected chi connectivity index (χ3v) is 5.26. The van der Waals surface area contributed by atoms with Gasteiger partial charge in [0.05, 0.1) is 11.3 Å². The quantitative estimate of drug-likeness (QED) is 0.903. The highest BCUT2D eigenvalue weighted by atomic mass is 79.9. The molecule has 5 nitrogen and oxygen atoms in total. The Morgan fingerprint density at radius 2 is 1.85 bits per heavy atom. The lowest BCUT2D eigenvalue weighted by atomic mass is 10.2. The third-order valence-electron chi connectivity index (χ3n) is 3.25.